The number of benzene rings is 2. The van der Waals surface area contributed by atoms with Crippen LogP contribution in [0.4, 0.5) is 8.78 Å². The minimum atomic E-state index is -0.843. The number of halogens is 2. The summed E-state index contributed by atoms with van der Waals surface area (Å²) in [6.45, 7) is 2.06. The monoisotopic (exact) mass is 388 g/mol. The zero-order valence-corrected chi connectivity index (χ0v) is 15.6. The molecule has 148 valence electrons. The first kappa shape index (κ1) is 19.9. The fourth-order valence-corrected chi connectivity index (χ4v) is 3.28. The molecular formula is C21H22F2N2O3. The van der Waals surface area contributed by atoms with Gasteiger partial charge in [-0.3, -0.25) is 9.69 Å². The lowest BCUT2D eigenvalue weighted by atomic mass is 10.0. The number of nitrogens with one attached hydrogen (secondary N) is 1. The van der Waals surface area contributed by atoms with Crippen LogP contribution in [-0.4, -0.2) is 43.0 Å². The maximum absolute atomic E-state index is 13.3. The molecule has 0 bridgehead atoms. The molecule has 0 aliphatic carbocycles. The molecule has 3 rings (SSSR count). The highest BCUT2D eigenvalue weighted by Gasteiger charge is 2.21. The highest BCUT2D eigenvalue weighted by Crippen LogP contribution is 2.16. The SMILES string of the molecule is COC(=O)c1ccc(C(=O)NC2CCN(Cc3ccc(F)c(F)c3)CC2)cc1. The summed E-state index contributed by atoms with van der Waals surface area (Å²) in [5.74, 6) is -2.31. The van der Waals surface area contributed by atoms with Crippen molar-refractivity contribution < 1.29 is 23.1 Å². The summed E-state index contributed by atoms with van der Waals surface area (Å²) in [6.07, 6.45) is 1.55. The number of carbonyl (C=O) groups is 2. The number of esters is 1. The van der Waals surface area contributed by atoms with Gasteiger partial charge in [-0.05, 0) is 54.8 Å². The van der Waals surface area contributed by atoms with Crippen LogP contribution < -0.4 is 5.32 Å². The van der Waals surface area contributed by atoms with Gasteiger partial charge in [0.15, 0.2) is 11.6 Å². The van der Waals surface area contributed by atoms with Crippen LogP contribution >= 0.6 is 0 Å². The summed E-state index contributed by atoms with van der Waals surface area (Å²) in [7, 11) is 1.31. The molecule has 1 aliphatic rings. The average molecular weight is 388 g/mol. The normalized spacial score (nSPS) is 15.2. The Hall–Kier alpha value is -2.80. The second-order valence-corrected chi connectivity index (χ2v) is 6.84. The van der Waals surface area contributed by atoms with Crippen molar-refractivity contribution in [3.63, 3.8) is 0 Å². The Labute approximate surface area is 162 Å². The topological polar surface area (TPSA) is 58.6 Å². The van der Waals surface area contributed by atoms with Crippen LogP contribution in [0.2, 0.25) is 0 Å². The van der Waals surface area contributed by atoms with Crippen LogP contribution in [0.3, 0.4) is 0 Å². The first-order valence-corrected chi connectivity index (χ1v) is 9.12. The van der Waals surface area contributed by atoms with Crippen LogP contribution in [0, 0.1) is 11.6 Å². The van der Waals surface area contributed by atoms with Crippen molar-refractivity contribution in [1.82, 2.24) is 10.2 Å². The van der Waals surface area contributed by atoms with E-state index in [1.165, 1.54) is 13.2 Å². The molecule has 28 heavy (non-hydrogen) atoms. The Morgan fingerprint density at radius 3 is 2.29 bits per heavy atom. The third kappa shape index (κ3) is 4.92. The first-order valence-electron chi connectivity index (χ1n) is 9.12. The van der Waals surface area contributed by atoms with Gasteiger partial charge in [0, 0.05) is 31.2 Å². The fraction of sp³-hybridized carbons (Fsp3) is 0.333. The van der Waals surface area contributed by atoms with Crippen LogP contribution in [0.1, 0.15) is 39.1 Å². The molecule has 0 saturated carbocycles. The van der Waals surface area contributed by atoms with E-state index in [1.807, 2.05) is 0 Å². The van der Waals surface area contributed by atoms with Gasteiger partial charge in [-0.2, -0.15) is 0 Å². The minimum absolute atomic E-state index is 0.0500. The van der Waals surface area contributed by atoms with E-state index in [0.29, 0.717) is 17.7 Å². The molecule has 0 atom stereocenters. The number of piperidine rings is 1. The van der Waals surface area contributed by atoms with Gasteiger partial charge in [0.1, 0.15) is 0 Å². The summed E-state index contributed by atoms with van der Waals surface area (Å²) in [4.78, 5) is 26.0. The summed E-state index contributed by atoms with van der Waals surface area (Å²) in [6, 6.07) is 10.3. The van der Waals surface area contributed by atoms with Crippen LogP contribution in [0.5, 0.6) is 0 Å². The van der Waals surface area contributed by atoms with Gasteiger partial charge in [0.05, 0.1) is 12.7 Å². The number of methoxy groups -OCH3 is 1. The van der Waals surface area contributed by atoms with E-state index in [9.17, 15) is 18.4 Å². The van der Waals surface area contributed by atoms with E-state index in [0.717, 1.165) is 37.6 Å². The van der Waals surface area contributed by atoms with Gasteiger partial charge in [-0.15, -0.1) is 0 Å². The van der Waals surface area contributed by atoms with Gasteiger partial charge in [0.25, 0.3) is 5.91 Å². The van der Waals surface area contributed by atoms with Gasteiger partial charge < -0.3 is 10.1 Å². The molecule has 0 spiro atoms. The van der Waals surface area contributed by atoms with Crippen molar-refractivity contribution in [1.29, 1.82) is 0 Å². The quantitative estimate of drug-likeness (QED) is 0.800. The summed E-state index contributed by atoms with van der Waals surface area (Å²) in [5.41, 5.74) is 1.61. The highest BCUT2D eigenvalue weighted by molar-refractivity contribution is 5.96. The molecule has 1 aliphatic heterocycles. The standard InChI is InChI=1S/C21H22F2N2O3/c1-28-21(27)16-5-3-15(4-6-16)20(26)24-17-8-10-25(11-9-17)13-14-2-7-18(22)19(23)12-14/h2-7,12,17H,8-11,13H2,1H3,(H,24,26). The van der Waals surface area contributed by atoms with Gasteiger partial charge in [-0.25, -0.2) is 13.6 Å². The van der Waals surface area contributed by atoms with E-state index in [1.54, 1.807) is 30.3 Å². The molecular weight excluding hydrogens is 366 g/mol. The maximum Gasteiger partial charge on any atom is 0.337 e. The van der Waals surface area contributed by atoms with Gasteiger partial charge >= 0.3 is 5.97 Å². The maximum atomic E-state index is 13.3. The number of nitrogens with zero attached hydrogens (tertiary/aromatic N) is 1. The number of likely N-dealkylation sites (tertiary alicyclic amines) is 1. The van der Waals surface area contributed by atoms with E-state index in [-0.39, 0.29) is 11.9 Å². The van der Waals surface area contributed by atoms with E-state index in [2.05, 4.69) is 15.0 Å². The van der Waals surface area contributed by atoms with E-state index >= 15 is 0 Å². The lowest BCUT2D eigenvalue weighted by molar-refractivity contribution is 0.0600. The van der Waals surface area contributed by atoms with E-state index < -0.39 is 17.6 Å². The van der Waals surface area contributed by atoms with Crippen LogP contribution in [0.15, 0.2) is 42.5 Å². The fourth-order valence-electron chi connectivity index (χ4n) is 3.28. The molecule has 1 N–H and O–H groups in total. The predicted octanol–water partition coefficient (Wildman–Crippen LogP) is 3.15. The van der Waals surface area contributed by atoms with Crippen molar-refractivity contribution in [2.45, 2.75) is 25.4 Å². The molecule has 7 heteroatoms. The molecule has 1 heterocycles. The van der Waals surface area contributed by atoms with Gasteiger partial charge in [0.2, 0.25) is 0 Å². The van der Waals surface area contributed by atoms with E-state index in [4.69, 9.17) is 0 Å². The first-order chi connectivity index (χ1) is 13.5. The zero-order valence-electron chi connectivity index (χ0n) is 15.6. The average Bonchev–Trinajstić information content (AvgIpc) is 2.71. The van der Waals surface area contributed by atoms with Crippen molar-refractivity contribution in [2.75, 3.05) is 20.2 Å². The number of carbonyl (C=O) groups excluding carboxylic acids is 2. The van der Waals surface area contributed by atoms with Gasteiger partial charge in [-0.1, -0.05) is 6.07 Å². The molecule has 2 aromatic carbocycles. The molecule has 0 radical (unpaired) electrons. The second kappa shape index (κ2) is 8.93. The minimum Gasteiger partial charge on any atom is -0.465 e. The Bertz CT molecular complexity index is 847. The Balaban J connectivity index is 1.49. The van der Waals surface area contributed by atoms with Crippen LogP contribution in [0.25, 0.3) is 0 Å². The third-order valence-electron chi connectivity index (χ3n) is 4.88. The number of rotatable bonds is 5. The molecule has 0 unspecified atom stereocenters. The molecule has 1 amide bonds. The number of ether oxygens (including phenoxy) is 1. The molecule has 1 saturated heterocycles. The molecule has 5 nitrogen and oxygen atoms in total. The number of amides is 1. The largest absolute Gasteiger partial charge is 0.465 e. The zero-order chi connectivity index (χ0) is 20.1. The number of hydrogen-bond donors (Lipinski definition) is 1. The van der Waals surface area contributed by atoms with Crippen molar-refractivity contribution in [3.05, 3.63) is 70.8 Å². The number of hydrogen-bond acceptors (Lipinski definition) is 4. The summed E-state index contributed by atoms with van der Waals surface area (Å²) in [5, 5.41) is 3.01. The van der Waals surface area contributed by atoms with Crippen molar-refractivity contribution in [3.8, 4) is 0 Å². The van der Waals surface area contributed by atoms with Crippen molar-refractivity contribution in [2.24, 2.45) is 0 Å². The molecule has 0 aromatic heterocycles. The van der Waals surface area contributed by atoms with Crippen LogP contribution in [-0.2, 0) is 11.3 Å². The highest BCUT2D eigenvalue weighted by atomic mass is 19.2. The Kier molecular flexibility index (Phi) is 6.36. The Morgan fingerprint density at radius 1 is 1.04 bits per heavy atom. The third-order valence-corrected chi connectivity index (χ3v) is 4.88. The molecule has 2 aromatic rings. The smallest absolute Gasteiger partial charge is 0.337 e. The second-order valence-electron chi connectivity index (χ2n) is 6.84. The lowest BCUT2D eigenvalue weighted by Gasteiger charge is -2.32. The predicted molar refractivity (Wildman–Crippen MR) is 99.9 cm³/mol. The lowest BCUT2D eigenvalue weighted by Crippen LogP contribution is -2.44. The summed E-state index contributed by atoms with van der Waals surface area (Å²) < 4.78 is 31.0. The molecule has 1 fully saturated rings. The van der Waals surface area contributed by atoms with Crippen molar-refractivity contribution >= 4 is 11.9 Å². The summed E-state index contributed by atoms with van der Waals surface area (Å²) >= 11 is 0. The Morgan fingerprint density at radius 2 is 1.68 bits per heavy atom.